The summed E-state index contributed by atoms with van der Waals surface area (Å²) in [6.07, 6.45) is 2.07. The van der Waals surface area contributed by atoms with Crippen molar-refractivity contribution < 1.29 is 23.9 Å². The van der Waals surface area contributed by atoms with Gasteiger partial charge in [-0.3, -0.25) is 19.3 Å². The van der Waals surface area contributed by atoms with Crippen LogP contribution in [0, 0.1) is 0 Å². The Kier molecular flexibility index (Phi) is 7.06. The molecule has 0 bridgehead atoms. The summed E-state index contributed by atoms with van der Waals surface area (Å²) in [4.78, 5) is 38.2. The van der Waals surface area contributed by atoms with Crippen LogP contribution in [0.25, 0.3) is 0 Å². The Morgan fingerprint density at radius 2 is 1.90 bits per heavy atom. The van der Waals surface area contributed by atoms with Crippen molar-refractivity contribution >= 4 is 23.3 Å². The van der Waals surface area contributed by atoms with Crippen molar-refractivity contribution in [2.24, 2.45) is 0 Å². The Labute approximate surface area is 176 Å². The van der Waals surface area contributed by atoms with Crippen LogP contribution < -0.4 is 19.7 Å². The second-order valence-electron chi connectivity index (χ2n) is 7.01. The number of ether oxygens (including phenoxy) is 2. The predicted molar refractivity (Wildman–Crippen MR) is 113 cm³/mol. The number of likely N-dealkylation sites (N-methyl/N-ethyl adjacent to an activating group) is 1. The number of carbonyl (C=O) groups is 3. The molecule has 1 aliphatic heterocycles. The Morgan fingerprint density at radius 1 is 1.13 bits per heavy atom. The van der Waals surface area contributed by atoms with E-state index in [0.717, 1.165) is 12.8 Å². The lowest BCUT2D eigenvalue weighted by Crippen LogP contribution is -2.45. The van der Waals surface area contributed by atoms with E-state index >= 15 is 0 Å². The van der Waals surface area contributed by atoms with Gasteiger partial charge < -0.3 is 14.8 Å². The maximum Gasteiger partial charge on any atom is 0.265 e. The van der Waals surface area contributed by atoms with Crippen LogP contribution in [0.4, 0.5) is 5.69 Å². The van der Waals surface area contributed by atoms with Crippen molar-refractivity contribution in [1.82, 2.24) is 5.32 Å². The molecular weight excluding hydrogens is 384 g/mol. The summed E-state index contributed by atoms with van der Waals surface area (Å²) in [5.74, 6) is 0.249. The number of nitrogens with zero attached hydrogens (tertiary/aromatic N) is 1. The fraction of sp³-hybridized carbons (Fsp3) is 0.348. The van der Waals surface area contributed by atoms with Gasteiger partial charge in [0, 0.05) is 12.1 Å². The summed E-state index contributed by atoms with van der Waals surface area (Å²) in [5, 5.41) is 2.67. The molecule has 0 unspecified atom stereocenters. The van der Waals surface area contributed by atoms with Gasteiger partial charge in [0.15, 0.2) is 19.0 Å². The fourth-order valence-corrected chi connectivity index (χ4v) is 3.22. The molecule has 7 nitrogen and oxygen atoms in total. The molecule has 2 amide bonds. The largest absolute Gasteiger partial charge is 0.485 e. The highest BCUT2D eigenvalue weighted by Gasteiger charge is 2.28. The molecule has 1 N–H and O–H groups in total. The maximum atomic E-state index is 12.6. The van der Waals surface area contributed by atoms with E-state index in [4.69, 9.17) is 9.47 Å². The van der Waals surface area contributed by atoms with Crippen molar-refractivity contribution in [2.45, 2.75) is 26.7 Å². The molecule has 0 radical (unpaired) electrons. The molecule has 158 valence electrons. The summed E-state index contributed by atoms with van der Waals surface area (Å²) in [7, 11) is 0. The molecule has 0 saturated heterocycles. The molecule has 1 aliphatic rings. The van der Waals surface area contributed by atoms with Gasteiger partial charge in [-0.25, -0.2) is 0 Å². The van der Waals surface area contributed by atoms with E-state index in [0.29, 0.717) is 29.3 Å². The van der Waals surface area contributed by atoms with Crippen LogP contribution >= 0.6 is 0 Å². The first kappa shape index (κ1) is 21.4. The SMILES string of the molecule is CCCc1ccc(OCC(=O)c2ccc3c(c2)N(CC(=O)NCC)C(=O)CO3)cc1. The van der Waals surface area contributed by atoms with Crippen molar-refractivity contribution in [3.05, 3.63) is 53.6 Å². The zero-order valence-electron chi connectivity index (χ0n) is 17.3. The number of hydrogen-bond acceptors (Lipinski definition) is 5. The Bertz CT molecular complexity index is 924. The number of Topliss-reactive ketones (excluding diaryl/α,β-unsaturated/α-hetero) is 1. The number of amides is 2. The van der Waals surface area contributed by atoms with Crippen LogP contribution in [0.3, 0.4) is 0 Å². The quantitative estimate of drug-likeness (QED) is 0.643. The lowest BCUT2D eigenvalue weighted by molar-refractivity contribution is -0.125. The lowest BCUT2D eigenvalue weighted by atomic mass is 10.1. The number of hydrogen-bond donors (Lipinski definition) is 1. The van der Waals surface area contributed by atoms with Gasteiger partial charge in [-0.15, -0.1) is 0 Å². The van der Waals surface area contributed by atoms with E-state index in [1.165, 1.54) is 10.5 Å². The number of aryl methyl sites for hydroxylation is 1. The Hall–Kier alpha value is -3.35. The van der Waals surface area contributed by atoms with E-state index < -0.39 is 0 Å². The highest BCUT2D eigenvalue weighted by molar-refractivity contribution is 6.04. The van der Waals surface area contributed by atoms with Crippen LogP contribution in [0.15, 0.2) is 42.5 Å². The number of nitrogens with one attached hydrogen (secondary N) is 1. The summed E-state index contributed by atoms with van der Waals surface area (Å²) in [5.41, 5.74) is 2.02. The third-order valence-electron chi connectivity index (χ3n) is 4.73. The van der Waals surface area contributed by atoms with Gasteiger partial charge >= 0.3 is 0 Å². The van der Waals surface area contributed by atoms with Gasteiger partial charge in [-0.05, 0) is 49.2 Å². The van der Waals surface area contributed by atoms with Crippen molar-refractivity contribution in [1.29, 1.82) is 0 Å². The van der Waals surface area contributed by atoms with Gasteiger partial charge in [-0.2, -0.15) is 0 Å². The molecule has 0 atom stereocenters. The monoisotopic (exact) mass is 410 g/mol. The molecule has 2 aromatic carbocycles. The van der Waals surface area contributed by atoms with Crippen LogP contribution in [-0.2, 0) is 16.0 Å². The predicted octanol–water partition coefficient (Wildman–Crippen LogP) is 2.76. The maximum absolute atomic E-state index is 12.6. The number of fused-ring (bicyclic) bond motifs is 1. The zero-order chi connectivity index (χ0) is 21.5. The molecular formula is C23H26N2O5. The minimum atomic E-state index is -0.332. The molecule has 3 rings (SSSR count). The van der Waals surface area contributed by atoms with Gasteiger partial charge in [-0.1, -0.05) is 25.5 Å². The van der Waals surface area contributed by atoms with Crippen molar-refractivity contribution in [3.8, 4) is 11.5 Å². The third-order valence-corrected chi connectivity index (χ3v) is 4.73. The second-order valence-corrected chi connectivity index (χ2v) is 7.01. The highest BCUT2D eigenvalue weighted by atomic mass is 16.5. The van der Waals surface area contributed by atoms with Crippen LogP contribution in [0.5, 0.6) is 11.5 Å². The molecule has 0 saturated carbocycles. The minimum absolute atomic E-state index is 0.124. The number of benzene rings is 2. The van der Waals surface area contributed by atoms with E-state index in [2.05, 4.69) is 12.2 Å². The molecule has 0 fully saturated rings. The van der Waals surface area contributed by atoms with Gasteiger partial charge in [0.05, 0.1) is 5.69 Å². The Morgan fingerprint density at radius 3 is 2.60 bits per heavy atom. The van der Waals surface area contributed by atoms with E-state index in [1.54, 1.807) is 25.1 Å². The second kappa shape index (κ2) is 9.91. The minimum Gasteiger partial charge on any atom is -0.485 e. The first-order valence-electron chi connectivity index (χ1n) is 10.1. The molecule has 7 heteroatoms. The van der Waals surface area contributed by atoms with Gasteiger partial charge in [0.1, 0.15) is 18.0 Å². The molecule has 2 aromatic rings. The molecule has 0 aromatic heterocycles. The normalized spacial score (nSPS) is 12.7. The molecule has 30 heavy (non-hydrogen) atoms. The summed E-state index contributed by atoms with van der Waals surface area (Å²) in [6.45, 7) is 4.01. The van der Waals surface area contributed by atoms with Crippen molar-refractivity contribution in [2.75, 3.05) is 31.2 Å². The standard InChI is InChI=1S/C23H26N2O5/c1-3-5-16-6-9-18(10-7-16)29-14-20(26)17-8-11-21-19(12-17)25(23(28)15-30-21)13-22(27)24-4-2/h6-12H,3-5,13-15H2,1-2H3,(H,24,27). The number of rotatable bonds is 9. The zero-order valence-corrected chi connectivity index (χ0v) is 17.3. The first-order valence-corrected chi connectivity index (χ1v) is 10.1. The topological polar surface area (TPSA) is 84.9 Å². The molecule has 0 aliphatic carbocycles. The van der Waals surface area contributed by atoms with Crippen molar-refractivity contribution in [3.63, 3.8) is 0 Å². The van der Waals surface area contributed by atoms with Crippen LogP contribution in [0.1, 0.15) is 36.2 Å². The highest BCUT2D eigenvalue weighted by Crippen LogP contribution is 2.33. The lowest BCUT2D eigenvalue weighted by Gasteiger charge is -2.29. The van der Waals surface area contributed by atoms with Gasteiger partial charge in [0.2, 0.25) is 5.91 Å². The summed E-state index contributed by atoms with van der Waals surface area (Å²) >= 11 is 0. The smallest absolute Gasteiger partial charge is 0.265 e. The number of carbonyl (C=O) groups excluding carboxylic acids is 3. The summed E-state index contributed by atoms with van der Waals surface area (Å²) in [6, 6.07) is 12.5. The van der Waals surface area contributed by atoms with E-state index in [1.807, 2.05) is 24.3 Å². The fourth-order valence-electron chi connectivity index (χ4n) is 3.22. The number of ketones is 1. The molecule has 1 heterocycles. The Balaban J connectivity index is 1.70. The van der Waals surface area contributed by atoms with Crippen LogP contribution in [0.2, 0.25) is 0 Å². The average molecular weight is 410 g/mol. The average Bonchev–Trinajstić information content (AvgIpc) is 2.75. The third kappa shape index (κ3) is 5.17. The molecule has 0 spiro atoms. The van der Waals surface area contributed by atoms with Gasteiger partial charge in [0.25, 0.3) is 5.91 Å². The van der Waals surface area contributed by atoms with E-state index in [9.17, 15) is 14.4 Å². The van der Waals surface area contributed by atoms with E-state index in [-0.39, 0.29) is 37.4 Å². The number of anilines is 1. The summed E-state index contributed by atoms with van der Waals surface area (Å²) < 4.78 is 11.1. The van der Waals surface area contributed by atoms with Crippen LogP contribution in [-0.4, -0.2) is 43.9 Å². The first-order chi connectivity index (χ1) is 14.5.